The summed E-state index contributed by atoms with van der Waals surface area (Å²) < 4.78 is 0. The average molecular weight is 693 g/mol. The molecule has 258 valence electrons. The lowest BCUT2D eigenvalue weighted by molar-refractivity contribution is 1.29. The molecule has 0 aliphatic heterocycles. The van der Waals surface area contributed by atoms with Crippen molar-refractivity contribution in [2.75, 3.05) is 9.80 Å². The lowest BCUT2D eigenvalue weighted by atomic mass is 10.00. The summed E-state index contributed by atoms with van der Waals surface area (Å²) in [5, 5.41) is 4.67. The fraction of sp³-hybridized carbons (Fsp3) is 0. The Balaban J connectivity index is 1.18. The van der Waals surface area contributed by atoms with Gasteiger partial charge in [-0.05, 0) is 105 Å². The fourth-order valence-electron chi connectivity index (χ4n) is 7.34. The Morgan fingerprint density at radius 2 is 0.611 bits per heavy atom. The largest absolute Gasteiger partial charge is 0.310 e. The summed E-state index contributed by atoms with van der Waals surface area (Å²) in [6.07, 6.45) is 7.60. The lowest BCUT2D eigenvalue weighted by Gasteiger charge is -2.28. The van der Waals surface area contributed by atoms with E-state index in [0.717, 1.165) is 78.3 Å². The highest BCUT2D eigenvalue weighted by molar-refractivity contribution is 6.04. The van der Waals surface area contributed by atoms with Crippen LogP contribution in [0.3, 0.4) is 0 Å². The summed E-state index contributed by atoms with van der Waals surface area (Å²) in [5.74, 6) is 0. The van der Waals surface area contributed by atoms with Crippen LogP contribution in [-0.4, -0.2) is 0 Å². The molecule has 0 saturated heterocycles. The van der Waals surface area contributed by atoms with Crippen LogP contribution < -0.4 is 9.80 Å². The van der Waals surface area contributed by atoms with Gasteiger partial charge < -0.3 is 9.80 Å². The second-order valence-electron chi connectivity index (χ2n) is 13.2. The third kappa shape index (κ3) is 6.31. The number of fused-ring (bicyclic) bond motifs is 2. The van der Waals surface area contributed by atoms with E-state index in [9.17, 15) is 0 Å². The smallest absolute Gasteiger partial charge is 0.0540 e. The maximum absolute atomic E-state index is 4.07. The highest BCUT2D eigenvalue weighted by Gasteiger charge is 2.18. The molecular formula is C52H40N2. The molecule has 2 heteroatoms. The second kappa shape index (κ2) is 14.8. The summed E-state index contributed by atoms with van der Waals surface area (Å²) in [5.41, 5.74) is 13.2. The Kier molecular flexibility index (Phi) is 9.32. The molecule has 0 bridgehead atoms. The summed E-state index contributed by atoms with van der Waals surface area (Å²) in [6, 6.07) is 60.5. The van der Waals surface area contributed by atoms with Gasteiger partial charge in [0.1, 0.15) is 0 Å². The third-order valence-electron chi connectivity index (χ3n) is 10.1. The first-order chi connectivity index (χ1) is 26.6. The van der Waals surface area contributed by atoms with Crippen LogP contribution in [-0.2, 0) is 0 Å². The van der Waals surface area contributed by atoms with Crippen molar-refractivity contribution in [1.29, 1.82) is 0 Å². The van der Waals surface area contributed by atoms with Crippen molar-refractivity contribution in [3.63, 3.8) is 0 Å². The molecule has 0 saturated carbocycles. The molecular weight excluding hydrogens is 653 g/mol. The molecule has 8 rings (SSSR count). The average Bonchev–Trinajstić information content (AvgIpc) is 3.25. The molecule has 0 heterocycles. The zero-order valence-corrected chi connectivity index (χ0v) is 30.2. The normalized spacial score (nSPS) is 10.9. The van der Waals surface area contributed by atoms with Crippen molar-refractivity contribution in [1.82, 2.24) is 0 Å². The van der Waals surface area contributed by atoms with Crippen molar-refractivity contribution >= 4 is 80.0 Å². The Labute approximate surface area is 318 Å². The van der Waals surface area contributed by atoms with Gasteiger partial charge in [0.2, 0.25) is 0 Å². The first-order valence-corrected chi connectivity index (χ1v) is 18.1. The molecule has 0 radical (unpaired) electrons. The van der Waals surface area contributed by atoms with E-state index < -0.39 is 0 Å². The molecule has 0 unspecified atom stereocenters. The molecule has 8 aromatic rings. The molecule has 0 fully saturated rings. The Bertz CT molecular complexity index is 2460. The highest BCUT2D eigenvalue weighted by Crippen LogP contribution is 2.43. The highest BCUT2D eigenvalue weighted by atomic mass is 15.1. The zero-order chi connectivity index (χ0) is 37.0. The van der Waals surface area contributed by atoms with Gasteiger partial charge >= 0.3 is 0 Å². The van der Waals surface area contributed by atoms with Crippen molar-refractivity contribution in [2.45, 2.75) is 0 Å². The van der Waals surface area contributed by atoms with Crippen molar-refractivity contribution in [2.24, 2.45) is 0 Å². The van der Waals surface area contributed by atoms with E-state index in [0.29, 0.717) is 0 Å². The van der Waals surface area contributed by atoms with Crippen molar-refractivity contribution in [3.8, 4) is 11.1 Å². The van der Waals surface area contributed by atoms with E-state index in [1.165, 1.54) is 10.8 Å². The van der Waals surface area contributed by atoms with E-state index in [2.05, 4.69) is 206 Å². The van der Waals surface area contributed by atoms with Crippen LogP contribution >= 0.6 is 0 Å². The monoisotopic (exact) mass is 692 g/mol. The van der Waals surface area contributed by atoms with E-state index in [1.807, 2.05) is 24.3 Å². The number of hydrogen-bond donors (Lipinski definition) is 0. The topological polar surface area (TPSA) is 6.48 Å². The maximum atomic E-state index is 4.07. The SMILES string of the molecule is C=Cc1ccc(N(c2ccc(-c3ccc(N(c4ccc(C=C)cc4)c4ccc(C=C)c5ccccc45)cc3)cc2)c2ccc(C=C)c3ccccc23)cc1. The molecule has 0 amide bonds. The molecule has 8 aromatic carbocycles. The van der Waals surface area contributed by atoms with Gasteiger partial charge in [-0.1, -0.05) is 160 Å². The summed E-state index contributed by atoms with van der Waals surface area (Å²) in [6.45, 7) is 16.1. The van der Waals surface area contributed by atoms with Gasteiger partial charge in [-0.25, -0.2) is 0 Å². The molecule has 0 aromatic heterocycles. The van der Waals surface area contributed by atoms with Crippen molar-refractivity contribution in [3.05, 3.63) is 218 Å². The van der Waals surface area contributed by atoms with E-state index >= 15 is 0 Å². The minimum absolute atomic E-state index is 1.07. The van der Waals surface area contributed by atoms with Crippen LogP contribution in [0.5, 0.6) is 0 Å². The van der Waals surface area contributed by atoms with Gasteiger partial charge in [-0.3, -0.25) is 0 Å². The van der Waals surface area contributed by atoms with Crippen LogP contribution in [0.25, 0.3) is 57.0 Å². The van der Waals surface area contributed by atoms with Gasteiger partial charge in [0, 0.05) is 33.5 Å². The lowest BCUT2D eigenvalue weighted by Crippen LogP contribution is -2.11. The third-order valence-corrected chi connectivity index (χ3v) is 10.1. The number of benzene rings is 8. The Morgan fingerprint density at radius 1 is 0.296 bits per heavy atom. The molecule has 0 spiro atoms. The van der Waals surface area contributed by atoms with Crippen LogP contribution in [0.2, 0.25) is 0 Å². The van der Waals surface area contributed by atoms with Crippen LogP contribution in [0, 0.1) is 0 Å². The van der Waals surface area contributed by atoms with E-state index in [1.54, 1.807) is 0 Å². The molecule has 54 heavy (non-hydrogen) atoms. The molecule has 0 aliphatic rings. The zero-order valence-electron chi connectivity index (χ0n) is 30.2. The van der Waals surface area contributed by atoms with Crippen LogP contribution in [0.15, 0.2) is 196 Å². The van der Waals surface area contributed by atoms with Crippen molar-refractivity contribution < 1.29 is 0 Å². The number of anilines is 6. The number of nitrogens with zero attached hydrogens (tertiary/aromatic N) is 2. The first-order valence-electron chi connectivity index (χ1n) is 18.1. The predicted molar refractivity (Wildman–Crippen MR) is 237 cm³/mol. The molecule has 0 N–H and O–H groups in total. The number of rotatable bonds is 11. The summed E-state index contributed by atoms with van der Waals surface area (Å²) in [4.78, 5) is 4.65. The van der Waals surface area contributed by atoms with Gasteiger partial charge in [0.25, 0.3) is 0 Å². The Morgan fingerprint density at radius 3 is 0.926 bits per heavy atom. The summed E-state index contributed by atoms with van der Waals surface area (Å²) in [7, 11) is 0. The van der Waals surface area contributed by atoms with E-state index in [4.69, 9.17) is 0 Å². The molecule has 0 aliphatic carbocycles. The minimum atomic E-state index is 1.07. The standard InChI is InChI=1S/C52H40N2/c1-5-37-17-27-43(28-18-37)53(51-35-25-39(7-3)47-13-9-11-15-49(47)51)45-31-21-41(22-32-45)42-23-33-46(34-24-42)54(44-29-19-38(6-2)20-30-44)52-36-26-40(8-4)48-14-10-12-16-50(48)52/h5-36H,1-4H2. The minimum Gasteiger partial charge on any atom is -0.310 e. The Hall–Kier alpha value is -7.16. The maximum Gasteiger partial charge on any atom is 0.0540 e. The molecule has 2 nitrogen and oxygen atoms in total. The predicted octanol–water partition coefficient (Wildman–Crippen LogP) is 15.2. The van der Waals surface area contributed by atoms with Crippen LogP contribution in [0.4, 0.5) is 34.1 Å². The van der Waals surface area contributed by atoms with Crippen LogP contribution in [0.1, 0.15) is 22.3 Å². The van der Waals surface area contributed by atoms with E-state index in [-0.39, 0.29) is 0 Å². The second-order valence-corrected chi connectivity index (χ2v) is 13.2. The quantitative estimate of drug-likeness (QED) is 0.133. The first kappa shape index (κ1) is 34.0. The molecule has 0 atom stereocenters. The van der Waals surface area contributed by atoms with Gasteiger partial charge in [-0.15, -0.1) is 0 Å². The van der Waals surface area contributed by atoms with Gasteiger partial charge in [0.15, 0.2) is 0 Å². The fourth-order valence-corrected chi connectivity index (χ4v) is 7.34. The van der Waals surface area contributed by atoms with Gasteiger partial charge in [0.05, 0.1) is 11.4 Å². The summed E-state index contributed by atoms with van der Waals surface area (Å²) >= 11 is 0. The van der Waals surface area contributed by atoms with Gasteiger partial charge in [-0.2, -0.15) is 0 Å². The number of hydrogen-bond acceptors (Lipinski definition) is 2.